The van der Waals surface area contributed by atoms with Gasteiger partial charge in [-0.3, -0.25) is 9.69 Å². The van der Waals surface area contributed by atoms with Gasteiger partial charge in [0.2, 0.25) is 5.91 Å². The van der Waals surface area contributed by atoms with Gasteiger partial charge in [-0.2, -0.15) is 0 Å². The van der Waals surface area contributed by atoms with Crippen molar-refractivity contribution in [2.24, 2.45) is 0 Å². The van der Waals surface area contributed by atoms with Gasteiger partial charge in [0.25, 0.3) is 0 Å². The summed E-state index contributed by atoms with van der Waals surface area (Å²) in [6.45, 7) is 7.77. The van der Waals surface area contributed by atoms with Crippen LogP contribution in [-0.4, -0.2) is 43.8 Å². The van der Waals surface area contributed by atoms with Crippen LogP contribution in [0.15, 0.2) is 18.2 Å². The van der Waals surface area contributed by atoms with Crippen LogP contribution in [-0.2, 0) is 14.3 Å². The van der Waals surface area contributed by atoms with Gasteiger partial charge in [-0.15, -0.1) is 0 Å². The van der Waals surface area contributed by atoms with Crippen molar-refractivity contribution in [1.29, 1.82) is 0 Å². The van der Waals surface area contributed by atoms with E-state index < -0.39 is 17.7 Å². The van der Waals surface area contributed by atoms with E-state index in [4.69, 9.17) is 9.47 Å². The highest BCUT2D eigenvalue weighted by Crippen LogP contribution is 2.35. The summed E-state index contributed by atoms with van der Waals surface area (Å²) in [4.78, 5) is 40.0. The number of hydrogen-bond acceptors (Lipinski definition) is 5. The van der Waals surface area contributed by atoms with E-state index in [1.165, 1.54) is 12.0 Å². The number of esters is 1. The van der Waals surface area contributed by atoms with Crippen LogP contribution >= 0.6 is 0 Å². The fourth-order valence-electron chi connectivity index (χ4n) is 2.69. The molecule has 2 amide bonds. The predicted molar refractivity (Wildman–Crippen MR) is 98.6 cm³/mol. The number of rotatable bonds is 4. The van der Waals surface area contributed by atoms with Crippen molar-refractivity contribution in [3.63, 3.8) is 0 Å². The molecule has 0 N–H and O–H groups in total. The highest BCUT2D eigenvalue weighted by molar-refractivity contribution is 6.10. The maximum atomic E-state index is 12.7. The standard InChI is InChI=1S/C19H26N2O5/c1-6-7-10-20-15-11-13(17(23)25-5)8-9-14(15)21(12-16(20)22)18(24)26-19(2,3)4/h8-9,11H,6-7,10,12H2,1-5H3. The van der Waals surface area contributed by atoms with Crippen LogP contribution in [0.25, 0.3) is 0 Å². The van der Waals surface area contributed by atoms with Crippen molar-refractivity contribution in [3.8, 4) is 0 Å². The molecule has 2 rings (SSSR count). The first kappa shape index (κ1) is 19.8. The summed E-state index contributed by atoms with van der Waals surface area (Å²) in [6, 6.07) is 4.82. The van der Waals surface area contributed by atoms with Crippen LogP contribution < -0.4 is 9.80 Å². The fraction of sp³-hybridized carbons (Fsp3) is 0.526. The number of carbonyl (C=O) groups excluding carboxylic acids is 3. The van der Waals surface area contributed by atoms with Gasteiger partial charge >= 0.3 is 12.1 Å². The van der Waals surface area contributed by atoms with E-state index in [2.05, 4.69) is 0 Å². The van der Waals surface area contributed by atoms with Gasteiger partial charge in [0.05, 0.1) is 24.0 Å². The van der Waals surface area contributed by atoms with E-state index in [0.29, 0.717) is 23.5 Å². The van der Waals surface area contributed by atoms with Gasteiger partial charge < -0.3 is 14.4 Å². The monoisotopic (exact) mass is 362 g/mol. The van der Waals surface area contributed by atoms with Crippen LogP contribution in [0.3, 0.4) is 0 Å². The molecule has 0 aliphatic carbocycles. The van der Waals surface area contributed by atoms with Crippen LogP contribution in [0.1, 0.15) is 50.9 Å². The highest BCUT2D eigenvalue weighted by Gasteiger charge is 2.35. The Hall–Kier alpha value is -2.57. The summed E-state index contributed by atoms with van der Waals surface area (Å²) in [5.74, 6) is -0.705. The number of methoxy groups -OCH3 is 1. The quantitative estimate of drug-likeness (QED) is 0.768. The average Bonchev–Trinajstić information content (AvgIpc) is 2.57. The maximum absolute atomic E-state index is 12.7. The smallest absolute Gasteiger partial charge is 0.415 e. The van der Waals surface area contributed by atoms with E-state index in [0.717, 1.165) is 12.8 Å². The number of unbranched alkanes of at least 4 members (excludes halogenated alkanes) is 1. The molecule has 0 saturated heterocycles. The van der Waals surface area contributed by atoms with E-state index >= 15 is 0 Å². The highest BCUT2D eigenvalue weighted by atomic mass is 16.6. The van der Waals surface area contributed by atoms with Crippen molar-refractivity contribution in [1.82, 2.24) is 0 Å². The molecule has 0 fully saturated rings. The zero-order chi connectivity index (χ0) is 19.5. The van der Waals surface area contributed by atoms with Gasteiger partial charge in [0.1, 0.15) is 12.1 Å². The van der Waals surface area contributed by atoms with Gasteiger partial charge in [-0.05, 0) is 45.4 Å². The zero-order valence-electron chi connectivity index (χ0n) is 16.0. The number of fused-ring (bicyclic) bond motifs is 1. The van der Waals surface area contributed by atoms with E-state index in [9.17, 15) is 14.4 Å². The fourth-order valence-corrected chi connectivity index (χ4v) is 2.69. The number of benzene rings is 1. The summed E-state index contributed by atoms with van der Waals surface area (Å²) in [6.07, 6.45) is 1.15. The SMILES string of the molecule is CCCCN1C(=O)CN(C(=O)OC(C)(C)C)c2ccc(C(=O)OC)cc21. The minimum Gasteiger partial charge on any atom is -0.465 e. The largest absolute Gasteiger partial charge is 0.465 e. The average molecular weight is 362 g/mol. The molecule has 1 aliphatic rings. The van der Waals surface area contributed by atoms with Crippen molar-refractivity contribution in [2.45, 2.75) is 46.1 Å². The van der Waals surface area contributed by atoms with Crippen LogP contribution in [0, 0.1) is 0 Å². The van der Waals surface area contributed by atoms with Crippen molar-refractivity contribution in [3.05, 3.63) is 23.8 Å². The third-order valence-electron chi connectivity index (χ3n) is 3.92. The van der Waals surface area contributed by atoms with Gasteiger partial charge in [-0.1, -0.05) is 13.3 Å². The van der Waals surface area contributed by atoms with Gasteiger partial charge in [0, 0.05) is 6.54 Å². The summed E-state index contributed by atoms with van der Waals surface area (Å²) < 4.78 is 10.2. The first-order chi connectivity index (χ1) is 12.2. The van der Waals surface area contributed by atoms with Gasteiger partial charge in [-0.25, -0.2) is 9.59 Å². The molecule has 7 heteroatoms. The molecule has 1 aliphatic heterocycles. The molecule has 26 heavy (non-hydrogen) atoms. The normalized spacial score (nSPS) is 14.1. The number of amides is 2. The summed E-state index contributed by atoms with van der Waals surface area (Å²) in [5, 5.41) is 0. The Kier molecular flexibility index (Phi) is 5.90. The van der Waals surface area contributed by atoms with Gasteiger partial charge in [0.15, 0.2) is 0 Å². The van der Waals surface area contributed by atoms with E-state index in [1.54, 1.807) is 43.9 Å². The van der Waals surface area contributed by atoms with Crippen molar-refractivity contribution >= 4 is 29.3 Å². The number of carbonyl (C=O) groups is 3. The molecule has 1 aromatic rings. The molecular weight excluding hydrogens is 336 g/mol. The Bertz CT molecular complexity index is 708. The molecule has 0 unspecified atom stereocenters. The molecule has 142 valence electrons. The lowest BCUT2D eigenvalue weighted by atomic mass is 10.1. The van der Waals surface area contributed by atoms with Crippen LogP contribution in [0.5, 0.6) is 0 Å². The topological polar surface area (TPSA) is 76.2 Å². The Morgan fingerprint density at radius 3 is 2.46 bits per heavy atom. The summed E-state index contributed by atoms with van der Waals surface area (Å²) in [5.41, 5.74) is 0.712. The second-order valence-electron chi connectivity index (χ2n) is 7.16. The molecule has 0 bridgehead atoms. The second kappa shape index (κ2) is 7.76. The third kappa shape index (κ3) is 4.33. The molecule has 1 aromatic carbocycles. The van der Waals surface area contributed by atoms with E-state index in [1.807, 2.05) is 6.92 Å². The Morgan fingerprint density at radius 2 is 1.88 bits per heavy atom. The summed E-state index contributed by atoms with van der Waals surface area (Å²) in [7, 11) is 1.30. The molecule has 0 saturated carbocycles. The number of nitrogens with zero attached hydrogens (tertiary/aromatic N) is 2. The third-order valence-corrected chi connectivity index (χ3v) is 3.92. The molecule has 0 aromatic heterocycles. The molecular formula is C19H26N2O5. The lowest BCUT2D eigenvalue weighted by Crippen LogP contribution is -2.49. The molecule has 1 heterocycles. The lowest BCUT2D eigenvalue weighted by molar-refractivity contribution is -0.117. The molecule has 0 spiro atoms. The van der Waals surface area contributed by atoms with Crippen LogP contribution in [0.2, 0.25) is 0 Å². The Balaban J connectivity index is 2.46. The number of hydrogen-bond donors (Lipinski definition) is 0. The van der Waals surface area contributed by atoms with Crippen molar-refractivity contribution < 1.29 is 23.9 Å². The molecule has 0 radical (unpaired) electrons. The van der Waals surface area contributed by atoms with Crippen molar-refractivity contribution in [2.75, 3.05) is 30.0 Å². The Morgan fingerprint density at radius 1 is 1.19 bits per heavy atom. The molecule has 0 atom stereocenters. The Labute approximate surface area is 153 Å². The number of ether oxygens (including phenoxy) is 2. The number of anilines is 2. The summed E-state index contributed by atoms with van der Waals surface area (Å²) >= 11 is 0. The first-order valence-corrected chi connectivity index (χ1v) is 8.71. The predicted octanol–water partition coefficient (Wildman–Crippen LogP) is 3.36. The zero-order valence-corrected chi connectivity index (χ0v) is 16.0. The van der Waals surface area contributed by atoms with E-state index in [-0.39, 0.29) is 12.5 Å². The molecule has 7 nitrogen and oxygen atoms in total. The lowest BCUT2D eigenvalue weighted by Gasteiger charge is -2.37. The maximum Gasteiger partial charge on any atom is 0.415 e. The minimum absolute atomic E-state index is 0.0940. The second-order valence-corrected chi connectivity index (χ2v) is 7.16. The minimum atomic E-state index is -0.675. The first-order valence-electron chi connectivity index (χ1n) is 8.71. The van der Waals surface area contributed by atoms with Crippen LogP contribution in [0.4, 0.5) is 16.2 Å².